The normalized spacial score (nSPS) is 36.4. The van der Waals surface area contributed by atoms with E-state index in [2.05, 4.69) is 0 Å². The maximum absolute atomic E-state index is 9.65. The van der Waals surface area contributed by atoms with E-state index in [1.54, 1.807) is 0 Å². The van der Waals surface area contributed by atoms with Crippen molar-refractivity contribution in [3.63, 3.8) is 0 Å². The summed E-state index contributed by atoms with van der Waals surface area (Å²) in [5.41, 5.74) is 0. The predicted octanol–water partition coefficient (Wildman–Crippen LogP) is 1.61. The Labute approximate surface area is 84.8 Å². The van der Waals surface area contributed by atoms with Crippen molar-refractivity contribution in [2.24, 2.45) is 5.92 Å². The van der Waals surface area contributed by atoms with Gasteiger partial charge in [0.1, 0.15) is 5.92 Å². The summed E-state index contributed by atoms with van der Waals surface area (Å²) in [4.78, 5) is 0. The Morgan fingerprint density at radius 2 is 2.17 bits per heavy atom. The minimum Gasteiger partial charge on any atom is -0.361 e. The molecule has 1 aliphatic heterocycles. The highest BCUT2D eigenvalue weighted by Gasteiger charge is 2.57. The van der Waals surface area contributed by atoms with Crippen molar-refractivity contribution in [3.05, 3.63) is 0 Å². The quantitative estimate of drug-likeness (QED) is 0.643. The van der Waals surface area contributed by atoms with E-state index in [9.17, 15) is 5.11 Å². The molecule has 0 radical (unpaired) electrons. The van der Waals surface area contributed by atoms with Crippen LogP contribution in [-0.2, 0) is 4.74 Å². The van der Waals surface area contributed by atoms with Crippen LogP contribution in [0.2, 0.25) is 0 Å². The molecular weight excluding hydrogens is 224 g/mol. The summed E-state index contributed by atoms with van der Waals surface area (Å²) in [6, 6.07) is 1.83. The molecule has 0 aromatic rings. The van der Waals surface area contributed by atoms with E-state index >= 15 is 0 Å². The van der Waals surface area contributed by atoms with Crippen LogP contribution in [0.15, 0.2) is 0 Å². The van der Waals surface area contributed by atoms with E-state index in [-0.39, 0.29) is 6.61 Å². The summed E-state index contributed by atoms with van der Waals surface area (Å²) in [5, 5.41) is 18.2. The van der Waals surface area contributed by atoms with Crippen molar-refractivity contribution < 1.29 is 9.84 Å². The largest absolute Gasteiger partial charge is 0.361 e. The van der Waals surface area contributed by atoms with Crippen molar-refractivity contribution >= 4 is 34.8 Å². The van der Waals surface area contributed by atoms with Crippen molar-refractivity contribution in [2.75, 3.05) is 6.61 Å². The van der Waals surface area contributed by atoms with Crippen molar-refractivity contribution in [1.29, 1.82) is 5.26 Å². The summed E-state index contributed by atoms with van der Waals surface area (Å²) in [5.74, 6) is -2.75. The third-order valence-corrected chi connectivity index (χ3v) is 2.58. The van der Waals surface area contributed by atoms with Crippen LogP contribution in [0.4, 0.5) is 0 Å². The number of hydrogen-bond donors (Lipinski definition) is 1. The summed E-state index contributed by atoms with van der Waals surface area (Å²) in [6.07, 6.45) is 0.376. The van der Waals surface area contributed by atoms with E-state index in [1.165, 1.54) is 0 Å². The van der Waals surface area contributed by atoms with Crippen molar-refractivity contribution in [2.45, 2.75) is 16.0 Å². The molecule has 1 saturated heterocycles. The van der Waals surface area contributed by atoms with Crippen LogP contribution in [0.25, 0.3) is 0 Å². The van der Waals surface area contributed by atoms with Crippen molar-refractivity contribution in [1.82, 2.24) is 0 Å². The van der Waals surface area contributed by atoms with Gasteiger partial charge in [0.2, 0.25) is 9.58 Å². The maximum Gasteiger partial charge on any atom is 0.245 e. The first kappa shape index (κ1) is 10.4. The topological polar surface area (TPSA) is 53.2 Å². The zero-order chi connectivity index (χ0) is 9.41. The third kappa shape index (κ3) is 1.50. The molecule has 0 aromatic heterocycles. The van der Waals surface area contributed by atoms with Gasteiger partial charge in [0, 0.05) is 0 Å². The SMILES string of the molecule is N#CC1CCO[C@@]1(O)C(Cl)(Cl)Cl. The van der Waals surface area contributed by atoms with Crippen LogP contribution >= 0.6 is 34.8 Å². The minimum absolute atomic E-state index is 0.225. The van der Waals surface area contributed by atoms with Crippen LogP contribution in [0.3, 0.4) is 0 Å². The number of hydrogen-bond acceptors (Lipinski definition) is 3. The van der Waals surface area contributed by atoms with Crippen LogP contribution in [0.1, 0.15) is 6.42 Å². The number of ether oxygens (including phenoxy) is 1. The van der Waals surface area contributed by atoms with Crippen LogP contribution < -0.4 is 0 Å². The molecule has 0 saturated carbocycles. The molecule has 3 nitrogen and oxygen atoms in total. The second kappa shape index (κ2) is 3.21. The second-order valence-corrected chi connectivity index (χ2v) is 4.79. The summed E-state index contributed by atoms with van der Waals surface area (Å²) in [6.45, 7) is 0.225. The highest BCUT2D eigenvalue weighted by Crippen LogP contribution is 2.47. The Balaban J connectivity index is 2.91. The first-order valence-corrected chi connectivity index (χ1v) is 4.38. The molecule has 1 fully saturated rings. The van der Waals surface area contributed by atoms with Crippen LogP contribution in [0.5, 0.6) is 0 Å². The highest BCUT2D eigenvalue weighted by molar-refractivity contribution is 6.68. The molecular formula is C6H6Cl3NO2. The number of nitrogens with zero attached hydrogens (tertiary/aromatic N) is 1. The van der Waals surface area contributed by atoms with Gasteiger partial charge in [-0.15, -0.1) is 0 Å². The summed E-state index contributed by atoms with van der Waals surface area (Å²) >= 11 is 16.4. The van der Waals surface area contributed by atoms with E-state index < -0.39 is 15.5 Å². The average molecular weight is 230 g/mol. The van der Waals surface area contributed by atoms with Gasteiger partial charge in [0.05, 0.1) is 12.7 Å². The lowest BCUT2D eigenvalue weighted by atomic mass is 10.0. The minimum atomic E-state index is -1.98. The molecule has 68 valence electrons. The number of aliphatic hydroxyl groups is 1. The molecule has 6 heteroatoms. The molecule has 2 atom stereocenters. The number of nitriles is 1. The Bertz CT molecular complexity index is 222. The Kier molecular flexibility index (Phi) is 2.77. The van der Waals surface area contributed by atoms with Crippen molar-refractivity contribution in [3.8, 4) is 6.07 Å². The highest BCUT2D eigenvalue weighted by atomic mass is 35.6. The standard InChI is InChI=1S/C6H6Cl3NO2/c7-6(8,9)5(11)4(3-10)1-2-12-5/h4,11H,1-2H2/t4?,5-/m1/s1. The van der Waals surface area contributed by atoms with Gasteiger partial charge in [0.25, 0.3) is 0 Å². The van der Waals surface area contributed by atoms with Gasteiger partial charge >= 0.3 is 0 Å². The van der Waals surface area contributed by atoms with Gasteiger partial charge < -0.3 is 9.84 Å². The lowest BCUT2D eigenvalue weighted by molar-refractivity contribution is -0.181. The molecule has 0 aliphatic carbocycles. The molecule has 1 heterocycles. The molecule has 12 heavy (non-hydrogen) atoms. The van der Waals surface area contributed by atoms with Gasteiger partial charge in [-0.05, 0) is 6.42 Å². The van der Waals surface area contributed by atoms with E-state index in [0.29, 0.717) is 6.42 Å². The molecule has 1 unspecified atom stereocenters. The van der Waals surface area contributed by atoms with Gasteiger partial charge in [-0.25, -0.2) is 0 Å². The zero-order valence-electron chi connectivity index (χ0n) is 5.93. The van der Waals surface area contributed by atoms with Gasteiger partial charge in [-0.1, -0.05) is 34.8 Å². The molecule has 1 aliphatic rings. The van der Waals surface area contributed by atoms with Gasteiger partial charge in [-0.3, -0.25) is 0 Å². The number of alkyl halides is 3. The number of rotatable bonds is 0. The lowest BCUT2D eigenvalue weighted by Gasteiger charge is -2.31. The fourth-order valence-electron chi connectivity index (χ4n) is 1.06. The first-order chi connectivity index (χ1) is 5.42. The van der Waals surface area contributed by atoms with Crippen LogP contribution in [-0.4, -0.2) is 21.3 Å². The Morgan fingerprint density at radius 1 is 1.58 bits per heavy atom. The monoisotopic (exact) mass is 229 g/mol. The molecule has 1 rings (SSSR count). The zero-order valence-corrected chi connectivity index (χ0v) is 8.20. The van der Waals surface area contributed by atoms with Crippen LogP contribution in [0, 0.1) is 17.2 Å². The Morgan fingerprint density at radius 3 is 2.50 bits per heavy atom. The average Bonchev–Trinajstić information content (AvgIpc) is 2.30. The molecule has 0 spiro atoms. The van der Waals surface area contributed by atoms with E-state index in [1.807, 2.05) is 6.07 Å². The summed E-state index contributed by atoms with van der Waals surface area (Å²) in [7, 11) is 0. The fraction of sp³-hybridized carbons (Fsp3) is 0.833. The molecule has 0 aromatic carbocycles. The van der Waals surface area contributed by atoms with Gasteiger partial charge in [-0.2, -0.15) is 5.26 Å². The molecule has 0 bridgehead atoms. The second-order valence-electron chi connectivity index (χ2n) is 2.51. The summed E-state index contributed by atoms with van der Waals surface area (Å²) < 4.78 is 2.86. The van der Waals surface area contributed by atoms with E-state index in [0.717, 1.165) is 0 Å². The molecule has 1 N–H and O–H groups in total. The predicted molar refractivity (Wildman–Crippen MR) is 44.9 cm³/mol. The first-order valence-electron chi connectivity index (χ1n) is 3.24. The van der Waals surface area contributed by atoms with E-state index in [4.69, 9.17) is 44.8 Å². The Hall–Kier alpha value is 0.280. The van der Waals surface area contributed by atoms with Gasteiger partial charge in [0.15, 0.2) is 0 Å². The lowest BCUT2D eigenvalue weighted by Crippen LogP contribution is -2.47. The third-order valence-electron chi connectivity index (χ3n) is 1.76. The smallest absolute Gasteiger partial charge is 0.245 e. The number of halogens is 3. The fourth-order valence-corrected chi connectivity index (χ4v) is 1.62. The molecule has 0 amide bonds. The maximum atomic E-state index is 9.65.